The predicted molar refractivity (Wildman–Crippen MR) is 96.2 cm³/mol. The Balaban J connectivity index is 1.93. The van der Waals surface area contributed by atoms with Crippen LogP contribution in [0.2, 0.25) is 5.02 Å². The number of nitrogens with one attached hydrogen (secondary N) is 1. The average molecular weight is 342 g/mol. The zero-order chi connectivity index (χ0) is 17.1. The Kier molecular flexibility index (Phi) is 4.39. The van der Waals surface area contributed by atoms with Crippen LogP contribution < -0.4 is 11.1 Å². The Bertz CT molecular complexity index is 904. The number of imidazole rings is 1. The fourth-order valence-corrected chi connectivity index (χ4v) is 2.63. The third-order valence-corrected chi connectivity index (χ3v) is 3.91. The van der Waals surface area contributed by atoms with E-state index in [0.29, 0.717) is 27.8 Å². The molecule has 1 aromatic heterocycles. The molecule has 0 unspecified atom stereocenters. The minimum atomic E-state index is 0.304. The van der Waals surface area contributed by atoms with Crippen LogP contribution in [0.4, 0.5) is 17.1 Å². The van der Waals surface area contributed by atoms with Crippen molar-refractivity contribution in [3.63, 3.8) is 0 Å². The van der Waals surface area contributed by atoms with Crippen LogP contribution in [0, 0.1) is 0 Å². The number of hydrogen-bond donors (Lipinski definition) is 3. The van der Waals surface area contributed by atoms with E-state index in [-0.39, 0.29) is 0 Å². The average Bonchev–Trinajstić information content (AvgIpc) is 2.98. The number of aromatic nitrogens is 2. The summed E-state index contributed by atoms with van der Waals surface area (Å²) in [5, 5.41) is 16.4. The van der Waals surface area contributed by atoms with Crippen LogP contribution in [0.1, 0.15) is 11.4 Å². The van der Waals surface area contributed by atoms with Gasteiger partial charge in [-0.25, -0.2) is 4.98 Å². The van der Waals surface area contributed by atoms with Gasteiger partial charge in [-0.1, -0.05) is 28.9 Å². The number of benzene rings is 2. The number of halogens is 1. The van der Waals surface area contributed by atoms with Gasteiger partial charge in [-0.15, -0.1) is 0 Å². The molecule has 2 aromatic carbocycles. The van der Waals surface area contributed by atoms with Crippen molar-refractivity contribution in [3.8, 4) is 0 Å². The maximum absolute atomic E-state index is 9.38. The molecule has 3 aromatic rings. The number of hydrogen-bond acceptors (Lipinski definition) is 5. The van der Waals surface area contributed by atoms with Crippen LogP contribution in [-0.4, -0.2) is 20.5 Å². The van der Waals surface area contributed by atoms with Gasteiger partial charge in [0.25, 0.3) is 0 Å². The lowest BCUT2D eigenvalue weighted by Crippen LogP contribution is -2.11. The first kappa shape index (κ1) is 15.9. The molecule has 0 saturated heterocycles. The van der Waals surface area contributed by atoms with E-state index in [1.807, 2.05) is 37.4 Å². The summed E-state index contributed by atoms with van der Waals surface area (Å²) < 4.78 is 1.75. The number of nitrogen functional groups attached to an aromatic ring is 1. The van der Waals surface area contributed by atoms with Crippen molar-refractivity contribution in [1.29, 1.82) is 0 Å². The van der Waals surface area contributed by atoms with E-state index in [1.54, 1.807) is 29.1 Å². The minimum Gasteiger partial charge on any atom is -0.410 e. The normalized spacial score (nSPS) is 11.5. The fraction of sp³-hybridized carbons (Fsp3) is 0.0588. The van der Waals surface area contributed by atoms with Crippen LogP contribution in [0.25, 0.3) is 0 Å². The summed E-state index contributed by atoms with van der Waals surface area (Å²) in [7, 11) is 1.82. The van der Waals surface area contributed by atoms with Gasteiger partial charge in [0.2, 0.25) is 0 Å². The van der Waals surface area contributed by atoms with E-state index in [1.165, 1.54) is 0 Å². The molecule has 0 amide bonds. The summed E-state index contributed by atoms with van der Waals surface area (Å²) >= 11 is 6.38. The molecule has 0 bridgehead atoms. The van der Waals surface area contributed by atoms with Gasteiger partial charge >= 0.3 is 0 Å². The predicted octanol–water partition coefficient (Wildman–Crippen LogP) is 3.63. The Morgan fingerprint density at radius 1 is 1.29 bits per heavy atom. The van der Waals surface area contributed by atoms with Gasteiger partial charge in [0.1, 0.15) is 0 Å². The molecule has 0 atom stereocenters. The first-order valence-corrected chi connectivity index (χ1v) is 7.59. The molecule has 3 rings (SSSR count). The van der Waals surface area contributed by atoms with Crippen LogP contribution in [0.5, 0.6) is 0 Å². The number of aryl methyl sites for hydroxylation is 1. The molecule has 0 fully saturated rings. The largest absolute Gasteiger partial charge is 0.410 e. The third kappa shape index (κ3) is 3.04. The first-order valence-electron chi connectivity index (χ1n) is 7.21. The van der Waals surface area contributed by atoms with Crippen molar-refractivity contribution in [2.24, 2.45) is 12.2 Å². The third-order valence-electron chi connectivity index (χ3n) is 3.60. The second-order valence-electron chi connectivity index (χ2n) is 5.22. The van der Waals surface area contributed by atoms with Gasteiger partial charge in [-0.05, 0) is 30.3 Å². The topological polar surface area (TPSA) is 88.5 Å². The molecule has 1 heterocycles. The van der Waals surface area contributed by atoms with Gasteiger partial charge < -0.3 is 20.8 Å². The molecule has 0 spiro atoms. The summed E-state index contributed by atoms with van der Waals surface area (Å²) in [6, 6.07) is 12.8. The lowest BCUT2D eigenvalue weighted by molar-refractivity contribution is 0.319. The van der Waals surface area contributed by atoms with E-state index < -0.39 is 0 Å². The van der Waals surface area contributed by atoms with Crippen LogP contribution in [0.3, 0.4) is 0 Å². The molecule has 122 valence electrons. The van der Waals surface area contributed by atoms with E-state index in [2.05, 4.69) is 15.5 Å². The summed E-state index contributed by atoms with van der Waals surface area (Å²) in [6.07, 6.45) is 3.39. The molecule has 0 radical (unpaired) electrons. The molecule has 0 saturated carbocycles. The molecule has 24 heavy (non-hydrogen) atoms. The van der Waals surface area contributed by atoms with Crippen molar-refractivity contribution >= 4 is 34.4 Å². The molecular formula is C17H16ClN5O. The standard InChI is InChI=1S/C17H16ClN5O/c1-23-9-8-20-17(23)16(22-24)12-7-6-11(10-13(12)18)21-15-5-3-2-4-14(15)19/h2-10,21,24H,19H2,1H3/b22-16+. The lowest BCUT2D eigenvalue weighted by Gasteiger charge is -2.12. The van der Waals surface area contributed by atoms with Gasteiger partial charge in [0, 0.05) is 30.7 Å². The van der Waals surface area contributed by atoms with Crippen LogP contribution >= 0.6 is 11.6 Å². The highest BCUT2D eigenvalue weighted by atomic mass is 35.5. The second-order valence-corrected chi connectivity index (χ2v) is 5.62. The molecule has 6 nitrogen and oxygen atoms in total. The maximum atomic E-state index is 9.38. The van der Waals surface area contributed by atoms with Crippen LogP contribution in [0.15, 0.2) is 60.0 Å². The smallest absolute Gasteiger partial charge is 0.162 e. The first-order chi connectivity index (χ1) is 11.6. The summed E-state index contributed by atoms with van der Waals surface area (Å²) in [6.45, 7) is 0. The number of nitrogens with two attached hydrogens (primary N) is 1. The number of oxime groups is 1. The fourth-order valence-electron chi connectivity index (χ4n) is 2.36. The zero-order valence-corrected chi connectivity index (χ0v) is 13.7. The molecule has 0 aliphatic rings. The van der Waals surface area contributed by atoms with Gasteiger partial charge in [-0.2, -0.15) is 0 Å². The number of para-hydroxylation sites is 2. The van der Waals surface area contributed by atoms with Crippen molar-refractivity contribution in [2.45, 2.75) is 0 Å². The number of anilines is 3. The maximum Gasteiger partial charge on any atom is 0.162 e. The van der Waals surface area contributed by atoms with E-state index in [9.17, 15) is 5.21 Å². The Hall–Kier alpha value is -2.99. The Morgan fingerprint density at radius 2 is 2.08 bits per heavy atom. The quantitative estimate of drug-likeness (QED) is 0.292. The summed E-state index contributed by atoms with van der Waals surface area (Å²) in [4.78, 5) is 4.19. The minimum absolute atomic E-state index is 0.304. The SMILES string of the molecule is Cn1ccnc1/C(=N/O)c1ccc(Nc2ccccc2N)cc1Cl. The number of rotatable bonds is 4. The van der Waals surface area contributed by atoms with Gasteiger partial charge in [-0.3, -0.25) is 0 Å². The van der Waals surface area contributed by atoms with Crippen molar-refractivity contribution < 1.29 is 5.21 Å². The van der Waals surface area contributed by atoms with Gasteiger partial charge in [0.05, 0.1) is 16.4 Å². The lowest BCUT2D eigenvalue weighted by atomic mass is 10.1. The zero-order valence-electron chi connectivity index (χ0n) is 12.9. The highest BCUT2D eigenvalue weighted by Gasteiger charge is 2.16. The second kappa shape index (κ2) is 6.64. The van der Waals surface area contributed by atoms with Crippen molar-refractivity contribution in [2.75, 3.05) is 11.1 Å². The molecule has 0 aliphatic heterocycles. The summed E-state index contributed by atoms with van der Waals surface area (Å²) in [5.41, 5.74) is 9.03. The van der Waals surface area contributed by atoms with Crippen molar-refractivity contribution in [3.05, 3.63) is 71.3 Å². The Labute approximate surface area is 144 Å². The monoisotopic (exact) mass is 341 g/mol. The highest BCUT2D eigenvalue weighted by molar-refractivity contribution is 6.35. The van der Waals surface area contributed by atoms with Crippen molar-refractivity contribution in [1.82, 2.24) is 9.55 Å². The molecule has 7 heteroatoms. The van der Waals surface area contributed by atoms with E-state index in [0.717, 1.165) is 11.4 Å². The highest BCUT2D eigenvalue weighted by Crippen LogP contribution is 2.27. The molecule has 0 aliphatic carbocycles. The van der Waals surface area contributed by atoms with Crippen LogP contribution in [-0.2, 0) is 7.05 Å². The molecular weight excluding hydrogens is 326 g/mol. The molecule has 4 N–H and O–H groups in total. The van der Waals surface area contributed by atoms with E-state index in [4.69, 9.17) is 17.3 Å². The van der Waals surface area contributed by atoms with Gasteiger partial charge in [0.15, 0.2) is 11.5 Å². The number of nitrogens with zero attached hydrogens (tertiary/aromatic N) is 3. The summed E-state index contributed by atoms with van der Waals surface area (Å²) in [5.74, 6) is 0.521. The Morgan fingerprint density at radius 3 is 2.71 bits per heavy atom. The van der Waals surface area contributed by atoms with E-state index >= 15 is 0 Å².